The molecule has 1 aromatic rings. The van der Waals surface area contributed by atoms with Crippen LogP contribution >= 0.6 is 0 Å². The van der Waals surface area contributed by atoms with E-state index in [4.69, 9.17) is 0 Å². The third kappa shape index (κ3) is 3.58. The molecule has 2 amide bonds. The summed E-state index contributed by atoms with van der Waals surface area (Å²) in [5.74, 6) is 1.04. The van der Waals surface area contributed by atoms with Crippen LogP contribution in [0, 0.1) is 5.92 Å². The van der Waals surface area contributed by atoms with Crippen molar-refractivity contribution in [2.24, 2.45) is 5.92 Å². The van der Waals surface area contributed by atoms with Crippen molar-refractivity contribution in [2.45, 2.75) is 69.7 Å². The highest BCUT2D eigenvalue weighted by Crippen LogP contribution is 2.41. The molecule has 1 saturated heterocycles. The Morgan fingerprint density at radius 2 is 1.92 bits per heavy atom. The van der Waals surface area contributed by atoms with Gasteiger partial charge in [-0.3, -0.25) is 14.7 Å². The minimum atomic E-state index is -0.321. The first kappa shape index (κ1) is 16.6. The van der Waals surface area contributed by atoms with E-state index in [0.717, 1.165) is 37.9 Å². The van der Waals surface area contributed by atoms with E-state index in [9.17, 15) is 9.59 Å². The van der Waals surface area contributed by atoms with Gasteiger partial charge in [-0.15, -0.1) is 0 Å². The molecular formula is C19H28N4O2. The Morgan fingerprint density at radius 3 is 2.68 bits per heavy atom. The van der Waals surface area contributed by atoms with Gasteiger partial charge in [0.05, 0.1) is 17.5 Å². The van der Waals surface area contributed by atoms with Crippen molar-refractivity contribution in [1.82, 2.24) is 20.4 Å². The van der Waals surface area contributed by atoms with Crippen molar-refractivity contribution < 1.29 is 9.59 Å². The Hall–Kier alpha value is -1.85. The highest BCUT2D eigenvalue weighted by atomic mass is 16.2. The lowest BCUT2D eigenvalue weighted by Gasteiger charge is -2.26. The lowest BCUT2D eigenvalue weighted by molar-refractivity contribution is -0.125. The van der Waals surface area contributed by atoms with Crippen molar-refractivity contribution in [1.29, 1.82) is 0 Å². The lowest BCUT2D eigenvalue weighted by atomic mass is 9.89. The Morgan fingerprint density at radius 1 is 1.12 bits per heavy atom. The van der Waals surface area contributed by atoms with Crippen LogP contribution in [0.5, 0.6) is 0 Å². The number of aromatic nitrogens is 2. The maximum atomic E-state index is 13.0. The van der Waals surface area contributed by atoms with Gasteiger partial charge in [-0.1, -0.05) is 19.3 Å². The van der Waals surface area contributed by atoms with Crippen LogP contribution in [0.25, 0.3) is 0 Å². The van der Waals surface area contributed by atoms with E-state index >= 15 is 0 Å². The Kier molecular flexibility index (Phi) is 4.77. The fourth-order valence-electron chi connectivity index (χ4n) is 4.34. The van der Waals surface area contributed by atoms with Crippen LogP contribution in [-0.2, 0) is 4.79 Å². The van der Waals surface area contributed by atoms with E-state index in [1.54, 1.807) is 11.1 Å². The maximum absolute atomic E-state index is 13.0. The van der Waals surface area contributed by atoms with Gasteiger partial charge in [0.15, 0.2) is 0 Å². The number of nitrogens with zero attached hydrogens (tertiary/aromatic N) is 2. The molecule has 1 aromatic heterocycles. The zero-order chi connectivity index (χ0) is 17.2. The largest absolute Gasteiger partial charge is 0.354 e. The van der Waals surface area contributed by atoms with Gasteiger partial charge in [0.2, 0.25) is 5.91 Å². The molecule has 3 aliphatic rings. The number of nitrogens with one attached hydrogen (secondary N) is 2. The number of H-pyrrole nitrogens is 1. The second-order valence-electron chi connectivity index (χ2n) is 7.88. The monoisotopic (exact) mass is 344 g/mol. The van der Waals surface area contributed by atoms with Crippen molar-refractivity contribution in [2.75, 3.05) is 13.1 Å². The van der Waals surface area contributed by atoms with Crippen molar-refractivity contribution in [3.05, 3.63) is 17.5 Å². The van der Waals surface area contributed by atoms with Crippen LogP contribution in [-0.4, -0.2) is 46.0 Å². The molecule has 6 nitrogen and oxygen atoms in total. The first-order chi connectivity index (χ1) is 12.2. The summed E-state index contributed by atoms with van der Waals surface area (Å²) >= 11 is 0. The summed E-state index contributed by atoms with van der Waals surface area (Å²) in [5.41, 5.74) is 1.62. The van der Waals surface area contributed by atoms with Gasteiger partial charge in [0, 0.05) is 19.0 Å². The molecule has 2 saturated carbocycles. The second kappa shape index (κ2) is 7.18. The molecule has 2 N–H and O–H groups in total. The topological polar surface area (TPSA) is 78.1 Å². The SMILES string of the molecule is O=C(NCC1CCCCC1)[C@@H]1CCCN1C(=O)c1cn[nH]c1C1CC1. The van der Waals surface area contributed by atoms with Crippen LogP contribution in [0.1, 0.15) is 79.8 Å². The summed E-state index contributed by atoms with van der Waals surface area (Å²) in [6.45, 7) is 1.42. The molecule has 0 aromatic carbocycles. The van der Waals surface area contributed by atoms with Crippen molar-refractivity contribution in [3.63, 3.8) is 0 Å². The van der Waals surface area contributed by atoms with Gasteiger partial charge in [0.25, 0.3) is 5.91 Å². The van der Waals surface area contributed by atoms with Gasteiger partial charge < -0.3 is 10.2 Å². The fourth-order valence-corrected chi connectivity index (χ4v) is 4.34. The smallest absolute Gasteiger partial charge is 0.258 e. The van der Waals surface area contributed by atoms with E-state index in [0.29, 0.717) is 23.9 Å². The van der Waals surface area contributed by atoms with Crippen molar-refractivity contribution in [3.8, 4) is 0 Å². The number of carbonyl (C=O) groups is 2. The average molecular weight is 344 g/mol. The Balaban J connectivity index is 1.38. The predicted octanol–water partition coefficient (Wildman–Crippen LogP) is 2.59. The molecule has 0 unspecified atom stereocenters. The summed E-state index contributed by atoms with van der Waals surface area (Å²) in [5, 5.41) is 10.2. The quantitative estimate of drug-likeness (QED) is 0.862. The summed E-state index contributed by atoms with van der Waals surface area (Å²) in [4.78, 5) is 27.4. The first-order valence-corrected chi connectivity index (χ1v) is 9.86. The van der Waals surface area contributed by atoms with Gasteiger partial charge in [-0.2, -0.15) is 5.10 Å². The molecule has 136 valence electrons. The maximum Gasteiger partial charge on any atom is 0.258 e. The van der Waals surface area contributed by atoms with Crippen LogP contribution < -0.4 is 5.32 Å². The summed E-state index contributed by atoms with van der Waals surface area (Å²) in [7, 11) is 0. The number of hydrogen-bond acceptors (Lipinski definition) is 3. The third-order valence-corrected chi connectivity index (χ3v) is 5.99. The Labute approximate surface area is 148 Å². The first-order valence-electron chi connectivity index (χ1n) is 9.86. The fraction of sp³-hybridized carbons (Fsp3) is 0.737. The molecule has 2 aliphatic carbocycles. The molecule has 2 heterocycles. The molecule has 0 radical (unpaired) electrons. The number of aromatic amines is 1. The van der Waals surface area contributed by atoms with E-state index in [2.05, 4.69) is 15.5 Å². The molecule has 1 atom stereocenters. The summed E-state index contributed by atoms with van der Waals surface area (Å²) in [6, 6.07) is -0.321. The molecular weight excluding hydrogens is 316 g/mol. The highest BCUT2D eigenvalue weighted by Gasteiger charge is 2.38. The minimum Gasteiger partial charge on any atom is -0.354 e. The number of hydrogen-bond donors (Lipinski definition) is 2. The normalized spacial score (nSPS) is 24.5. The molecule has 0 spiro atoms. The minimum absolute atomic E-state index is 0.0212. The number of amides is 2. The molecule has 25 heavy (non-hydrogen) atoms. The number of carbonyl (C=O) groups excluding carboxylic acids is 2. The average Bonchev–Trinajstić information content (AvgIpc) is 3.17. The zero-order valence-corrected chi connectivity index (χ0v) is 14.8. The van der Waals surface area contributed by atoms with Crippen molar-refractivity contribution >= 4 is 11.8 Å². The summed E-state index contributed by atoms with van der Waals surface area (Å²) < 4.78 is 0. The van der Waals surface area contributed by atoms with E-state index in [1.807, 2.05) is 0 Å². The van der Waals surface area contributed by atoms with Gasteiger partial charge in [-0.05, 0) is 44.4 Å². The van der Waals surface area contributed by atoms with Crippen LogP contribution in [0.3, 0.4) is 0 Å². The Bertz CT molecular complexity index is 631. The van der Waals surface area contributed by atoms with Gasteiger partial charge in [0.1, 0.15) is 6.04 Å². The third-order valence-electron chi connectivity index (χ3n) is 5.99. The van der Waals surface area contributed by atoms with Gasteiger partial charge >= 0.3 is 0 Å². The van der Waals surface area contributed by atoms with E-state index in [-0.39, 0.29) is 17.9 Å². The predicted molar refractivity (Wildman–Crippen MR) is 94.2 cm³/mol. The highest BCUT2D eigenvalue weighted by molar-refractivity contribution is 5.98. The molecule has 1 aliphatic heterocycles. The number of rotatable bonds is 5. The van der Waals surface area contributed by atoms with Crippen LogP contribution in [0.4, 0.5) is 0 Å². The second-order valence-corrected chi connectivity index (χ2v) is 7.88. The molecule has 6 heteroatoms. The molecule has 4 rings (SSSR count). The van der Waals surface area contributed by atoms with E-state index in [1.165, 1.54) is 32.1 Å². The summed E-state index contributed by atoms with van der Waals surface area (Å²) in [6.07, 6.45) is 11.8. The standard InChI is InChI=1S/C19H28N4O2/c24-18(20-11-13-5-2-1-3-6-13)16-7-4-10-23(16)19(25)15-12-21-22-17(15)14-8-9-14/h12-14,16H,1-11H2,(H,20,24)(H,21,22)/t16-/m0/s1. The van der Waals surface area contributed by atoms with Gasteiger partial charge in [-0.25, -0.2) is 0 Å². The van der Waals surface area contributed by atoms with E-state index < -0.39 is 0 Å². The zero-order valence-electron chi connectivity index (χ0n) is 14.8. The molecule has 3 fully saturated rings. The van der Waals surface area contributed by atoms with Crippen LogP contribution in [0.15, 0.2) is 6.20 Å². The number of likely N-dealkylation sites (tertiary alicyclic amines) is 1. The molecule has 0 bridgehead atoms. The van der Waals surface area contributed by atoms with Crippen LogP contribution in [0.2, 0.25) is 0 Å². The lowest BCUT2D eigenvalue weighted by Crippen LogP contribution is -2.47.